The van der Waals surface area contributed by atoms with Crippen LogP contribution in [-0.2, 0) is 16.1 Å². The molecule has 1 heterocycles. The molecule has 0 amide bonds. The second kappa shape index (κ2) is 12.3. The van der Waals surface area contributed by atoms with Crippen LogP contribution in [0.2, 0.25) is 0 Å². The zero-order chi connectivity index (χ0) is 17.6. The average Bonchev–Trinajstić information content (AvgIpc) is 2.57. The summed E-state index contributed by atoms with van der Waals surface area (Å²) in [7, 11) is 0. The van der Waals surface area contributed by atoms with Crippen molar-refractivity contribution in [2.24, 2.45) is 0 Å². The van der Waals surface area contributed by atoms with E-state index < -0.39 is 0 Å². The van der Waals surface area contributed by atoms with E-state index in [1.165, 1.54) is 37.8 Å². The van der Waals surface area contributed by atoms with Crippen LogP contribution in [0.15, 0.2) is 34.5 Å². The van der Waals surface area contributed by atoms with Crippen molar-refractivity contribution >= 4 is 5.97 Å². The largest absolute Gasteiger partial charge is 0.463 e. The smallest absolute Gasteiger partial charge is 0.330 e. The Morgan fingerprint density at radius 2 is 1.62 bits per heavy atom. The summed E-state index contributed by atoms with van der Waals surface area (Å²) >= 11 is 0. The number of hydrogen-bond acceptors (Lipinski definition) is 4. The fourth-order valence-electron chi connectivity index (χ4n) is 2.47. The molecule has 0 aliphatic heterocycles. The molecular weight excluding hydrogens is 308 g/mol. The minimum Gasteiger partial charge on any atom is -0.463 e. The first kappa shape index (κ1) is 19.9. The molecule has 1 aromatic heterocycles. The van der Waals surface area contributed by atoms with Gasteiger partial charge < -0.3 is 9.30 Å². The highest BCUT2D eigenvalue weighted by Gasteiger charge is 1.98. The third-order valence-electron chi connectivity index (χ3n) is 3.85. The monoisotopic (exact) mass is 336 g/mol. The quantitative estimate of drug-likeness (QED) is 0.341. The molecule has 0 unspecified atom stereocenters. The number of ether oxygens (including phenoxy) is 1. The van der Waals surface area contributed by atoms with Crippen LogP contribution >= 0.6 is 0 Å². The van der Waals surface area contributed by atoms with Gasteiger partial charge in [0.1, 0.15) is 0 Å². The normalized spacial score (nSPS) is 10.5. The van der Waals surface area contributed by atoms with Crippen molar-refractivity contribution in [3.05, 3.63) is 45.8 Å². The summed E-state index contributed by atoms with van der Waals surface area (Å²) in [6, 6.07) is 1.37. The Bertz CT molecular complexity index is 604. The number of rotatable bonds is 13. The maximum Gasteiger partial charge on any atom is 0.330 e. The lowest BCUT2D eigenvalue weighted by molar-refractivity contribution is -0.137. The lowest BCUT2D eigenvalue weighted by atomic mass is 10.1. The number of aromatic nitrogens is 2. The molecule has 0 spiro atoms. The minimum atomic E-state index is -0.352. The Morgan fingerprint density at radius 3 is 2.21 bits per heavy atom. The van der Waals surface area contributed by atoms with Gasteiger partial charge in [-0.25, -0.2) is 9.59 Å². The summed E-state index contributed by atoms with van der Waals surface area (Å²) in [6.45, 7) is 4.48. The maximum absolute atomic E-state index is 11.5. The molecule has 0 radical (unpaired) electrons. The molecule has 0 bridgehead atoms. The molecular formula is C18H28N2O4. The summed E-state index contributed by atoms with van der Waals surface area (Å²) in [6.07, 6.45) is 12.7. The topological polar surface area (TPSA) is 81.2 Å². The number of nitrogens with zero attached hydrogens (tertiary/aromatic N) is 1. The first-order chi connectivity index (χ1) is 11.6. The molecule has 1 rings (SSSR count). The third-order valence-corrected chi connectivity index (χ3v) is 3.85. The van der Waals surface area contributed by atoms with Crippen molar-refractivity contribution < 1.29 is 9.53 Å². The van der Waals surface area contributed by atoms with E-state index in [0.29, 0.717) is 13.2 Å². The second-order valence-corrected chi connectivity index (χ2v) is 5.86. The molecule has 6 nitrogen and oxygen atoms in total. The number of carbonyl (C=O) groups excluding carboxylic acids is 1. The number of hydrogen-bond donors (Lipinski definition) is 1. The zero-order valence-corrected chi connectivity index (χ0v) is 14.3. The van der Waals surface area contributed by atoms with Crippen molar-refractivity contribution in [1.29, 1.82) is 0 Å². The fraction of sp³-hybridized carbons (Fsp3) is 0.611. The summed E-state index contributed by atoms with van der Waals surface area (Å²) in [5.41, 5.74) is -0.684. The van der Waals surface area contributed by atoms with Gasteiger partial charge in [-0.2, -0.15) is 0 Å². The Kier molecular flexibility index (Phi) is 10.2. The number of unbranched alkanes of at least 4 members (excludes halogenated alkanes) is 8. The summed E-state index contributed by atoms with van der Waals surface area (Å²) in [5.74, 6) is -0.348. The molecule has 1 aromatic rings. The van der Waals surface area contributed by atoms with Gasteiger partial charge in [0.15, 0.2) is 0 Å². The van der Waals surface area contributed by atoms with E-state index in [0.717, 1.165) is 32.1 Å². The Balaban J connectivity index is 1.90. The van der Waals surface area contributed by atoms with E-state index in [-0.39, 0.29) is 17.2 Å². The van der Waals surface area contributed by atoms with Crippen molar-refractivity contribution in [2.75, 3.05) is 6.61 Å². The zero-order valence-electron chi connectivity index (χ0n) is 14.3. The predicted octanol–water partition coefficient (Wildman–Crippen LogP) is 2.78. The Morgan fingerprint density at radius 1 is 1.04 bits per heavy atom. The van der Waals surface area contributed by atoms with Crippen LogP contribution in [0, 0.1) is 0 Å². The molecule has 0 atom stereocenters. The number of carbonyl (C=O) groups is 1. The summed E-state index contributed by atoms with van der Waals surface area (Å²) in [5, 5.41) is 0. The SMILES string of the molecule is C=CC(=O)OCCCCCCCCCCCn1ccc(=O)[nH]c1=O. The van der Waals surface area contributed by atoms with E-state index >= 15 is 0 Å². The first-order valence-corrected chi connectivity index (χ1v) is 8.72. The highest BCUT2D eigenvalue weighted by Crippen LogP contribution is 2.10. The number of aromatic amines is 1. The van der Waals surface area contributed by atoms with Crippen LogP contribution in [-0.4, -0.2) is 22.1 Å². The van der Waals surface area contributed by atoms with E-state index in [1.54, 1.807) is 10.8 Å². The van der Waals surface area contributed by atoms with Gasteiger partial charge in [0.2, 0.25) is 0 Å². The van der Waals surface area contributed by atoms with Crippen LogP contribution in [0.25, 0.3) is 0 Å². The molecule has 6 heteroatoms. The molecule has 0 saturated heterocycles. The summed E-state index contributed by atoms with van der Waals surface area (Å²) < 4.78 is 6.46. The van der Waals surface area contributed by atoms with Crippen LogP contribution in [0.3, 0.4) is 0 Å². The molecule has 134 valence electrons. The van der Waals surface area contributed by atoms with Gasteiger partial charge in [0.25, 0.3) is 5.56 Å². The van der Waals surface area contributed by atoms with Crippen molar-refractivity contribution in [3.63, 3.8) is 0 Å². The Hall–Kier alpha value is -2.11. The molecule has 0 aromatic carbocycles. The van der Waals surface area contributed by atoms with Crippen molar-refractivity contribution in [3.8, 4) is 0 Å². The highest BCUT2D eigenvalue weighted by molar-refractivity contribution is 5.81. The van der Waals surface area contributed by atoms with Crippen LogP contribution < -0.4 is 11.2 Å². The number of nitrogens with one attached hydrogen (secondary N) is 1. The van der Waals surface area contributed by atoms with E-state index in [2.05, 4.69) is 11.6 Å². The lowest BCUT2D eigenvalue weighted by Crippen LogP contribution is -2.28. The maximum atomic E-state index is 11.5. The molecule has 0 fully saturated rings. The van der Waals surface area contributed by atoms with Crippen molar-refractivity contribution in [2.45, 2.75) is 64.3 Å². The molecule has 0 aliphatic carbocycles. The van der Waals surface area contributed by atoms with E-state index in [4.69, 9.17) is 4.74 Å². The lowest BCUT2D eigenvalue weighted by Gasteiger charge is -2.05. The van der Waals surface area contributed by atoms with E-state index in [9.17, 15) is 14.4 Å². The summed E-state index contributed by atoms with van der Waals surface area (Å²) in [4.78, 5) is 35.5. The van der Waals surface area contributed by atoms with Crippen molar-refractivity contribution in [1.82, 2.24) is 9.55 Å². The van der Waals surface area contributed by atoms with E-state index in [1.807, 2.05) is 0 Å². The number of aryl methyl sites for hydroxylation is 1. The highest BCUT2D eigenvalue weighted by atomic mass is 16.5. The minimum absolute atomic E-state index is 0.332. The third kappa shape index (κ3) is 9.12. The average molecular weight is 336 g/mol. The van der Waals surface area contributed by atoms with Gasteiger partial charge in [-0.1, -0.05) is 51.5 Å². The predicted molar refractivity (Wildman–Crippen MR) is 94.0 cm³/mol. The fourth-order valence-corrected chi connectivity index (χ4v) is 2.47. The van der Waals surface area contributed by atoms with Gasteiger partial charge in [-0.3, -0.25) is 9.78 Å². The standard InChI is InChI=1S/C18H28N2O4/c1-2-17(22)24-15-11-9-7-5-3-4-6-8-10-13-20-14-12-16(21)19-18(20)23/h2,12,14H,1,3-11,13,15H2,(H,19,21,23). The van der Waals surface area contributed by atoms with Gasteiger partial charge >= 0.3 is 11.7 Å². The number of esters is 1. The van der Waals surface area contributed by atoms with Gasteiger partial charge in [0.05, 0.1) is 6.61 Å². The number of H-pyrrole nitrogens is 1. The van der Waals surface area contributed by atoms with Crippen LogP contribution in [0.1, 0.15) is 57.8 Å². The molecule has 24 heavy (non-hydrogen) atoms. The molecule has 1 N–H and O–H groups in total. The second-order valence-electron chi connectivity index (χ2n) is 5.86. The first-order valence-electron chi connectivity index (χ1n) is 8.72. The van der Waals surface area contributed by atoms with Gasteiger partial charge in [-0.15, -0.1) is 0 Å². The Labute approximate surface area is 142 Å². The van der Waals surface area contributed by atoms with Gasteiger partial charge in [-0.05, 0) is 12.8 Å². The van der Waals surface area contributed by atoms with Gasteiger partial charge in [0, 0.05) is 24.9 Å². The van der Waals surface area contributed by atoms with Crippen LogP contribution in [0.5, 0.6) is 0 Å². The molecule has 0 saturated carbocycles. The molecule has 0 aliphatic rings. The van der Waals surface area contributed by atoms with Crippen LogP contribution in [0.4, 0.5) is 0 Å².